The van der Waals surface area contributed by atoms with Gasteiger partial charge >= 0.3 is 6.01 Å². The first kappa shape index (κ1) is 15.9. The summed E-state index contributed by atoms with van der Waals surface area (Å²) in [5.41, 5.74) is 2.10. The van der Waals surface area contributed by atoms with Gasteiger partial charge in [-0.2, -0.15) is 0 Å². The van der Waals surface area contributed by atoms with E-state index in [0.717, 1.165) is 44.0 Å². The Morgan fingerprint density at radius 2 is 2.00 bits per heavy atom. The Kier molecular flexibility index (Phi) is 7.36. The van der Waals surface area contributed by atoms with E-state index in [1.54, 1.807) is 0 Å². The third-order valence-electron chi connectivity index (χ3n) is 3.16. The van der Waals surface area contributed by atoms with E-state index in [9.17, 15) is 0 Å². The molecule has 0 saturated heterocycles. The molecule has 0 aliphatic rings. The van der Waals surface area contributed by atoms with Crippen molar-refractivity contribution in [3.8, 4) is 6.01 Å². The van der Waals surface area contributed by atoms with Crippen LogP contribution in [0.15, 0.2) is 6.20 Å². The number of likely N-dealkylation sites (N-methyl/N-ethyl adjacent to an activating group) is 1. The van der Waals surface area contributed by atoms with Gasteiger partial charge in [0.25, 0.3) is 0 Å². The van der Waals surface area contributed by atoms with Crippen molar-refractivity contribution in [2.24, 2.45) is 0 Å². The van der Waals surface area contributed by atoms with E-state index in [4.69, 9.17) is 4.74 Å². The zero-order chi connectivity index (χ0) is 14.1. The van der Waals surface area contributed by atoms with Gasteiger partial charge in [0.1, 0.15) is 6.61 Å². The van der Waals surface area contributed by atoms with Crippen LogP contribution in [0, 0.1) is 6.92 Å². The molecule has 0 unspecified atom stereocenters. The second-order valence-electron chi connectivity index (χ2n) is 4.42. The number of aromatic nitrogens is 2. The lowest BCUT2D eigenvalue weighted by atomic mass is 10.2. The molecule has 0 spiro atoms. The van der Waals surface area contributed by atoms with E-state index in [0.29, 0.717) is 12.6 Å². The van der Waals surface area contributed by atoms with Crippen molar-refractivity contribution >= 4 is 0 Å². The molecule has 0 atom stereocenters. The lowest BCUT2D eigenvalue weighted by Gasteiger charge is -2.17. The van der Waals surface area contributed by atoms with Gasteiger partial charge in [-0.1, -0.05) is 20.8 Å². The Morgan fingerprint density at radius 3 is 2.58 bits per heavy atom. The molecule has 1 heterocycles. The van der Waals surface area contributed by atoms with Crippen molar-refractivity contribution in [2.45, 2.75) is 34.2 Å². The SMILES string of the molecule is CCNCc1cnc(OCCN(CC)CC)nc1C. The first-order valence-corrected chi connectivity index (χ1v) is 7.09. The molecule has 108 valence electrons. The highest BCUT2D eigenvalue weighted by atomic mass is 16.5. The van der Waals surface area contributed by atoms with Crippen molar-refractivity contribution in [1.82, 2.24) is 20.2 Å². The van der Waals surface area contributed by atoms with Crippen LogP contribution in [0.2, 0.25) is 0 Å². The van der Waals surface area contributed by atoms with Crippen LogP contribution in [-0.2, 0) is 6.54 Å². The summed E-state index contributed by atoms with van der Waals surface area (Å²) < 4.78 is 5.60. The number of rotatable bonds is 9. The standard InChI is InChI=1S/C14H26N4O/c1-5-15-10-13-11-16-14(17-12(13)4)19-9-8-18(6-2)7-3/h11,15H,5-10H2,1-4H3. The molecule has 0 fully saturated rings. The Balaban J connectivity index is 2.44. The van der Waals surface area contributed by atoms with E-state index >= 15 is 0 Å². The van der Waals surface area contributed by atoms with E-state index in [1.165, 1.54) is 0 Å². The molecule has 0 saturated carbocycles. The molecule has 1 N–H and O–H groups in total. The van der Waals surface area contributed by atoms with E-state index in [1.807, 2.05) is 13.1 Å². The second-order valence-corrected chi connectivity index (χ2v) is 4.42. The van der Waals surface area contributed by atoms with Crippen LogP contribution in [0.4, 0.5) is 0 Å². The summed E-state index contributed by atoms with van der Waals surface area (Å²) in [4.78, 5) is 10.9. The molecule has 0 bridgehead atoms. The molecule has 1 rings (SSSR count). The molecule has 1 aromatic heterocycles. The fraction of sp³-hybridized carbons (Fsp3) is 0.714. The Labute approximate surface area is 116 Å². The fourth-order valence-corrected chi connectivity index (χ4v) is 1.78. The topological polar surface area (TPSA) is 50.3 Å². The summed E-state index contributed by atoms with van der Waals surface area (Å²) in [6, 6.07) is 0.477. The van der Waals surface area contributed by atoms with Crippen molar-refractivity contribution in [2.75, 3.05) is 32.8 Å². The first-order chi connectivity index (χ1) is 9.21. The summed E-state index contributed by atoms with van der Waals surface area (Å²) >= 11 is 0. The van der Waals surface area contributed by atoms with Gasteiger partial charge in [-0.25, -0.2) is 9.97 Å². The number of nitrogens with one attached hydrogen (secondary N) is 1. The molecule has 1 aromatic rings. The fourth-order valence-electron chi connectivity index (χ4n) is 1.78. The van der Waals surface area contributed by atoms with Gasteiger partial charge in [0.15, 0.2) is 0 Å². The van der Waals surface area contributed by atoms with Crippen LogP contribution < -0.4 is 10.1 Å². The highest BCUT2D eigenvalue weighted by Gasteiger charge is 2.05. The molecule has 0 radical (unpaired) electrons. The Hall–Kier alpha value is -1.20. The number of ether oxygens (including phenoxy) is 1. The number of aryl methyl sites for hydroxylation is 1. The molecule has 19 heavy (non-hydrogen) atoms. The zero-order valence-electron chi connectivity index (χ0n) is 12.6. The maximum Gasteiger partial charge on any atom is 0.316 e. The predicted octanol–water partition coefficient (Wildman–Crippen LogP) is 1.62. The van der Waals surface area contributed by atoms with Gasteiger partial charge in [-0.05, 0) is 26.6 Å². The van der Waals surface area contributed by atoms with Gasteiger partial charge in [0, 0.05) is 30.5 Å². The van der Waals surface area contributed by atoms with Crippen LogP contribution >= 0.6 is 0 Å². The molecule has 0 aliphatic carbocycles. The Bertz CT molecular complexity index is 366. The maximum atomic E-state index is 5.60. The van der Waals surface area contributed by atoms with Crippen LogP contribution in [0.1, 0.15) is 32.0 Å². The summed E-state index contributed by atoms with van der Waals surface area (Å²) in [6.07, 6.45) is 1.84. The van der Waals surface area contributed by atoms with Gasteiger partial charge < -0.3 is 15.0 Å². The van der Waals surface area contributed by atoms with Crippen molar-refractivity contribution in [1.29, 1.82) is 0 Å². The Morgan fingerprint density at radius 1 is 1.26 bits per heavy atom. The molecular formula is C14H26N4O. The molecule has 0 aromatic carbocycles. The number of hydrogen-bond acceptors (Lipinski definition) is 5. The summed E-state index contributed by atoms with van der Waals surface area (Å²) in [7, 11) is 0. The number of hydrogen-bond donors (Lipinski definition) is 1. The minimum absolute atomic E-state index is 0.477. The minimum atomic E-state index is 0.477. The normalized spacial score (nSPS) is 11.0. The second kappa shape index (κ2) is 8.82. The quantitative estimate of drug-likeness (QED) is 0.736. The average Bonchev–Trinajstić information content (AvgIpc) is 2.43. The van der Waals surface area contributed by atoms with E-state index < -0.39 is 0 Å². The lowest BCUT2D eigenvalue weighted by molar-refractivity contribution is 0.212. The molecule has 5 heteroatoms. The molecule has 0 aliphatic heterocycles. The monoisotopic (exact) mass is 266 g/mol. The van der Waals surface area contributed by atoms with Gasteiger partial charge in [-0.3, -0.25) is 0 Å². The first-order valence-electron chi connectivity index (χ1n) is 7.09. The van der Waals surface area contributed by atoms with Crippen LogP contribution in [0.5, 0.6) is 6.01 Å². The number of nitrogens with zero attached hydrogens (tertiary/aromatic N) is 3. The van der Waals surface area contributed by atoms with E-state index in [-0.39, 0.29) is 0 Å². The lowest BCUT2D eigenvalue weighted by Crippen LogP contribution is -2.28. The van der Waals surface area contributed by atoms with Crippen LogP contribution in [-0.4, -0.2) is 47.7 Å². The van der Waals surface area contributed by atoms with Gasteiger partial charge in [0.2, 0.25) is 0 Å². The third-order valence-corrected chi connectivity index (χ3v) is 3.16. The summed E-state index contributed by atoms with van der Waals surface area (Å²) in [5.74, 6) is 0. The molecule has 0 amide bonds. The van der Waals surface area contributed by atoms with Gasteiger partial charge in [0.05, 0.1) is 0 Å². The van der Waals surface area contributed by atoms with Crippen molar-refractivity contribution in [3.05, 3.63) is 17.5 Å². The van der Waals surface area contributed by atoms with Crippen molar-refractivity contribution < 1.29 is 4.74 Å². The van der Waals surface area contributed by atoms with Gasteiger partial charge in [-0.15, -0.1) is 0 Å². The predicted molar refractivity (Wildman–Crippen MR) is 77.4 cm³/mol. The highest BCUT2D eigenvalue weighted by Crippen LogP contribution is 2.08. The largest absolute Gasteiger partial charge is 0.462 e. The minimum Gasteiger partial charge on any atom is -0.462 e. The summed E-state index contributed by atoms with van der Waals surface area (Å²) in [5, 5.41) is 3.27. The maximum absolute atomic E-state index is 5.60. The van der Waals surface area contributed by atoms with Crippen LogP contribution in [0.25, 0.3) is 0 Å². The summed E-state index contributed by atoms with van der Waals surface area (Å²) in [6.45, 7) is 13.8. The highest BCUT2D eigenvalue weighted by molar-refractivity contribution is 5.17. The third kappa shape index (κ3) is 5.53. The van der Waals surface area contributed by atoms with E-state index in [2.05, 4.69) is 41.0 Å². The molecular weight excluding hydrogens is 240 g/mol. The zero-order valence-corrected chi connectivity index (χ0v) is 12.6. The van der Waals surface area contributed by atoms with Crippen LogP contribution in [0.3, 0.4) is 0 Å². The average molecular weight is 266 g/mol. The molecule has 5 nitrogen and oxygen atoms in total. The van der Waals surface area contributed by atoms with Crippen molar-refractivity contribution in [3.63, 3.8) is 0 Å². The smallest absolute Gasteiger partial charge is 0.316 e.